The van der Waals surface area contributed by atoms with Gasteiger partial charge in [0.1, 0.15) is 6.10 Å². The van der Waals surface area contributed by atoms with E-state index in [1.54, 1.807) is 0 Å². The van der Waals surface area contributed by atoms with Crippen molar-refractivity contribution in [3.8, 4) is 0 Å². The average Bonchev–Trinajstić information content (AvgIpc) is 3.63. The number of ether oxygens (including phenoxy) is 1. The number of aryl methyl sites for hydroxylation is 2. The van der Waals surface area contributed by atoms with Gasteiger partial charge in [-0.05, 0) is 54.5 Å². The van der Waals surface area contributed by atoms with Crippen LogP contribution >= 0.6 is 0 Å². The first-order valence-electron chi connectivity index (χ1n) is 11.9. The van der Waals surface area contributed by atoms with Crippen molar-refractivity contribution in [3.63, 3.8) is 0 Å². The lowest BCUT2D eigenvalue weighted by molar-refractivity contribution is -0.117. The third kappa shape index (κ3) is 6.54. The zero-order valence-corrected chi connectivity index (χ0v) is 18.7. The summed E-state index contributed by atoms with van der Waals surface area (Å²) in [6, 6.07) is 28.7. The Kier molecular flexibility index (Phi) is 8.11. The molecular weight excluding hydrogens is 394 g/mol. The van der Waals surface area contributed by atoms with E-state index in [2.05, 4.69) is 53.8 Å². The highest BCUT2D eigenvalue weighted by Gasteiger charge is 2.46. The van der Waals surface area contributed by atoms with Gasteiger partial charge in [-0.1, -0.05) is 98.5 Å². The highest BCUT2D eigenvalue weighted by molar-refractivity contribution is 5.96. The molecule has 3 aromatic rings. The van der Waals surface area contributed by atoms with Gasteiger partial charge >= 0.3 is 0 Å². The number of epoxide rings is 1. The highest BCUT2D eigenvalue weighted by atomic mass is 16.6. The minimum Gasteiger partial charge on any atom is -0.354 e. The fraction of sp³-hybridized carbons (Fsp3) is 0.345. The lowest BCUT2D eigenvalue weighted by atomic mass is 9.97. The topological polar surface area (TPSA) is 41.6 Å². The van der Waals surface area contributed by atoms with Gasteiger partial charge in [-0.3, -0.25) is 4.79 Å². The summed E-state index contributed by atoms with van der Waals surface area (Å²) < 4.78 is 5.77. The number of hydrogen-bond acceptors (Lipinski definition) is 2. The predicted molar refractivity (Wildman–Crippen MR) is 131 cm³/mol. The van der Waals surface area contributed by atoms with Crippen molar-refractivity contribution in [3.05, 3.63) is 102 Å². The van der Waals surface area contributed by atoms with Crippen LogP contribution < -0.4 is 5.32 Å². The molecule has 0 aliphatic carbocycles. The van der Waals surface area contributed by atoms with Crippen LogP contribution in [-0.4, -0.2) is 12.0 Å². The van der Waals surface area contributed by atoms with Crippen molar-refractivity contribution in [1.29, 1.82) is 0 Å². The Bertz CT molecular complexity index is 971. The molecule has 1 N–H and O–H groups in total. The molecule has 1 aliphatic heterocycles. The fourth-order valence-corrected chi connectivity index (χ4v) is 4.32. The maximum Gasteiger partial charge on any atom is 0.256 e. The van der Waals surface area contributed by atoms with Crippen molar-refractivity contribution >= 4 is 11.6 Å². The highest BCUT2D eigenvalue weighted by Crippen LogP contribution is 2.41. The third-order valence-corrected chi connectivity index (χ3v) is 6.16. The molecule has 1 amide bonds. The molecule has 1 saturated heterocycles. The number of benzene rings is 3. The molecule has 2 unspecified atom stereocenters. The monoisotopic (exact) mass is 427 g/mol. The van der Waals surface area contributed by atoms with Crippen molar-refractivity contribution in [2.24, 2.45) is 0 Å². The number of carbonyl (C=O) groups excluding carboxylic acids is 1. The molecule has 2 atom stereocenters. The van der Waals surface area contributed by atoms with Crippen LogP contribution in [0.2, 0.25) is 0 Å². The summed E-state index contributed by atoms with van der Waals surface area (Å²) in [5, 5.41) is 2.95. The summed E-state index contributed by atoms with van der Waals surface area (Å²) in [6.45, 7) is 0. The van der Waals surface area contributed by atoms with Crippen LogP contribution in [-0.2, 0) is 22.4 Å². The van der Waals surface area contributed by atoms with Crippen molar-refractivity contribution < 1.29 is 9.53 Å². The molecule has 166 valence electrons. The summed E-state index contributed by atoms with van der Waals surface area (Å²) in [6.07, 6.45) is 9.35. The molecule has 4 rings (SSSR count). The first kappa shape index (κ1) is 22.3. The summed E-state index contributed by atoms with van der Waals surface area (Å²) in [5.74, 6) is -0.0634. The number of nitrogens with one attached hydrogen (secondary N) is 1. The van der Waals surface area contributed by atoms with E-state index in [9.17, 15) is 4.79 Å². The molecule has 1 aliphatic rings. The van der Waals surface area contributed by atoms with E-state index in [0.717, 1.165) is 12.1 Å². The molecule has 3 nitrogen and oxygen atoms in total. The van der Waals surface area contributed by atoms with E-state index in [4.69, 9.17) is 4.74 Å². The van der Waals surface area contributed by atoms with E-state index in [-0.39, 0.29) is 18.1 Å². The van der Waals surface area contributed by atoms with Gasteiger partial charge in [-0.15, -0.1) is 0 Å². The number of anilines is 1. The molecule has 1 heterocycles. The van der Waals surface area contributed by atoms with Crippen LogP contribution in [0.4, 0.5) is 5.69 Å². The van der Waals surface area contributed by atoms with Gasteiger partial charge in [0.05, 0.1) is 0 Å². The zero-order chi connectivity index (χ0) is 22.0. The molecule has 0 bridgehead atoms. The third-order valence-electron chi connectivity index (χ3n) is 6.16. The number of unbranched alkanes of at least 4 members (excludes halogenated alkanes) is 5. The van der Waals surface area contributed by atoms with Crippen LogP contribution in [0.5, 0.6) is 0 Å². The zero-order valence-electron chi connectivity index (χ0n) is 18.7. The maximum atomic E-state index is 12.5. The average molecular weight is 428 g/mol. The fourth-order valence-electron chi connectivity index (χ4n) is 4.32. The number of hydrogen-bond donors (Lipinski definition) is 1. The molecule has 0 spiro atoms. The molecule has 0 saturated carbocycles. The van der Waals surface area contributed by atoms with Crippen LogP contribution in [0, 0.1) is 0 Å². The quantitative estimate of drug-likeness (QED) is 0.252. The minimum atomic E-state index is -0.388. The second kappa shape index (κ2) is 11.6. The molecule has 0 radical (unpaired) electrons. The summed E-state index contributed by atoms with van der Waals surface area (Å²) >= 11 is 0. The van der Waals surface area contributed by atoms with Crippen molar-refractivity contribution in [2.75, 3.05) is 5.32 Å². The van der Waals surface area contributed by atoms with Gasteiger partial charge in [-0.2, -0.15) is 0 Å². The van der Waals surface area contributed by atoms with E-state index in [1.165, 1.54) is 61.6 Å². The standard InChI is InChI=1S/C29H33NO2/c31-29(30-25-20-11-6-12-21-25)28-27(32-28)26-22-14-13-19-24(26)18-10-4-2-1-3-7-15-23-16-8-5-9-17-23/h5-6,8-9,11-14,16-17,19-22,27-28H,1-4,7,10,15,18H2,(H,30,31). The first-order chi connectivity index (χ1) is 15.8. The lowest BCUT2D eigenvalue weighted by Crippen LogP contribution is -2.18. The predicted octanol–water partition coefficient (Wildman–Crippen LogP) is 6.89. The lowest BCUT2D eigenvalue weighted by Gasteiger charge is -2.08. The van der Waals surface area contributed by atoms with Crippen molar-refractivity contribution in [1.82, 2.24) is 0 Å². The number of amides is 1. The molecule has 3 aromatic carbocycles. The van der Waals surface area contributed by atoms with Crippen molar-refractivity contribution in [2.45, 2.75) is 63.6 Å². The summed E-state index contributed by atoms with van der Waals surface area (Å²) in [4.78, 5) is 12.5. The Morgan fingerprint density at radius 3 is 2.03 bits per heavy atom. The number of carbonyl (C=O) groups is 1. The second-order valence-corrected chi connectivity index (χ2v) is 8.64. The van der Waals surface area contributed by atoms with Gasteiger partial charge in [0.15, 0.2) is 6.10 Å². The van der Waals surface area contributed by atoms with E-state index in [1.807, 2.05) is 36.4 Å². The van der Waals surface area contributed by atoms with Crippen LogP contribution in [0.25, 0.3) is 0 Å². The molecule has 0 aromatic heterocycles. The van der Waals surface area contributed by atoms with Gasteiger partial charge in [0.2, 0.25) is 0 Å². The number of rotatable bonds is 12. The Balaban J connectivity index is 1.15. The summed E-state index contributed by atoms with van der Waals surface area (Å²) in [7, 11) is 0. The Morgan fingerprint density at radius 2 is 1.28 bits per heavy atom. The van der Waals surface area contributed by atoms with Crippen LogP contribution in [0.1, 0.15) is 61.3 Å². The molecule has 32 heavy (non-hydrogen) atoms. The second-order valence-electron chi connectivity index (χ2n) is 8.64. The van der Waals surface area contributed by atoms with Gasteiger partial charge < -0.3 is 10.1 Å². The smallest absolute Gasteiger partial charge is 0.256 e. The van der Waals surface area contributed by atoms with E-state index in [0.29, 0.717) is 0 Å². The maximum absolute atomic E-state index is 12.5. The van der Waals surface area contributed by atoms with E-state index >= 15 is 0 Å². The normalized spacial score (nSPS) is 17.1. The molecule has 1 fully saturated rings. The van der Waals surface area contributed by atoms with Gasteiger partial charge in [0, 0.05) is 5.69 Å². The van der Waals surface area contributed by atoms with Gasteiger partial charge in [0.25, 0.3) is 5.91 Å². The largest absolute Gasteiger partial charge is 0.354 e. The van der Waals surface area contributed by atoms with E-state index < -0.39 is 0 Å². The first-order valence-corrected chi connectivity index (χ1v) is 11.9. The van der Waals surface area contributed by atoms with Crippen LogP contribution in [0.3, 0.4) is 0 Å². The molecule has 3 heteroatoms. The summed E-state index contributed by atoms with van der Waals surface area (Å²) in [5.41, 5.74) is 4.74. The van der Waals surface area contributed by atoms with Gasteiger partial charge in [-0.25, -0.2) is 0 Å². The Labute approximate surface area is 191 Å². The molecular formula is C29H33NO2. The van der Waals surface area contributed by atoms with Crippen LogP contribution in [0.15, 0.2) is 84.9 Å². The number of para-hydroxylation sites is 1. The SMILES string of the molecule is O=C(Nc1ccccc1)C1OC1c1ccccc1CCCCCCCCc1ccccc1. The Hall–Kier alpha value is -2.91. The Morgan fingerprint density at radius 1 is 0.688 bits per heavy atom. The minimum absolute atomic E-state index is 0.0634.